The van der Waals surface area contributed by atoms with Crippen molar-refractivity contribution in [3.8, 4) is 0 Å². The number of unbranched alkanes of at least 4 members (excludes halogenated alkanes) is 8. The van der Waals surface area contributed by atoms with E-state index in [-0.39, 0.29) is 6.42 Å². The number of carboxylic acid groups (broad SMARTS) is 2. The summed E-state index contributed by atoms with van der Waals surface area (Å²) in [4.78, 5) is 21.3. The molecule has 0 aliphatic carbocycles. The summed E-state index contributed by atoms with van der Waals surface area (Å²) in [6.07, 6.45) is 13.7. The Balaban J connectivity index is 0. The standard InChI is InChI=1S/C16H28O4.C6H15N/c1-2-3-4-5-6-7-8-9-10-11-12-14(16(19)20)13-15(17)18;1-5(2)7-6(3)4/h11-12,14H,2-10,13H2,1H3,(H,17,18)(H,19,20);5-7H,1-4H3. The molecule has 27 heavy (non-hydrogen) atoms. The van der Waals surface area contributed by atoms with Gasteiger partial charge in [-0.25, -0.2) is 0 Å². The van der Waals surface area contributed by atoms with Gasteiger partial charge in [0.15, 0.2) is 0 Å². The van der Waals surface area contributed by atoms with E-state index in [1.54, 1.807) is 6.08 Å². The van der Waals surface area contributed by atoms with Crippen LogP contribution in [0.1, 0.15) is 98.8 Å². The molecular formula is C22H43NO4. The molecule has 0 amide bonds. The van der Waals surface area contributed by atoms with Gasteiger partial charge in [-0.15, -0.1) is 0 Å². The van der Waals surface area contributed by atoms with Crippen molar-refractivity contribution in [2.75, 3.05) is 0 Å². The van der Waals surface area contributed by atoms with E-state index >= 15 is 0 Å². The van der Waals surface area contributed by atoms with E-state index in [1.165, 1.54) is 44.6 Å². The lowest BCUT2D eigenvalue weighted by atomic mass is 10.0. The van der Waals surface area contributed by atoms with Crippen LogP contribution < -0.4 is 5.32 Å². The summed E-state index contributed by atoms with van der Waals surface area (Å²) < 4.78 is 0. The lowest BCUT2D eigenvalue weighted by molar-refractivity contribution is -0.146. The van der Waals surface area contributed by atoms with Crippen LogP contribution >= 0.6 is 0 Å². The van der Waals surface area contributed by atoms with Crippen molar-refractivity contribution < 1.29 is 19.8 Å². The molecule has 160 valence electrons. The maximum atomic E-state index is 10.8. The molecule has 0 aliphatic rings. The van der Waals surface area contributed by atoms with Crippen LogP contribution in [0, 0.1) is 5.92 Å². The van der Waals surface area contributed by atoms with E-state index in [1.807, 2.05) is 0 Å². The molecule has 0 rings (SSSR count). The quantitative estimate of drug-likeness (QED) is 0.251. The largest absolute Gasteiger partial charge is 0.481 e. The maximum absolute atomic E-state index is 10.8. The molecule has 0 aromatic heterocycles. The van der Waals surface area contributed by atoms with Gasteiger partial charge in [-0.1, -0.05) is 91.7 Å². The van der Waals surface area contributed by atoms with Crippen molar-refractivity contribution >= 4 is 11.9 Å². The van der Waals surface area contributed by atoms with E-state index in [9.17, 15) is 9.59 Å². The van der Waals surface area contributed by atoms with Crippen LogP contribution in [-0.4, -0.2) is 34.2 Å². The fraction of sp³-hybridized carbons (Fsp3) is 0.818. The minimum Gasteiger partial charge on any atom is -0.481 e. The van der Waals surface area contributed by atoms with Gasteiger partial charge in [-0.2, -0.15) is 0 Å². The third-order valence-electron chi connectivity index (χ3n) is 3.97. The van der Waals surface area contributed by atoms with Crippen molar-refractivity contribution in [3.05, 3.63) is 12.2 Å². The van der Waals surface area contributed by atoms with Gasteiger partial charge in [0.05, 0.1) is 12.3 Å². The monoisotopic (exact) mass is 385 g/mol. The number of carbonyl (C=O) groups is 2. The van der Waals surface area contributed by atoms with E-state index in [0.29, 0.717) is 12.1 Å². The van der Waals surface area contributed by atoms with Crippen LogP contribution in [0.3, 0.4) is 0 Å². The summed E-state index contributed by atoms with van der Waals surface area (Å²) in [5.41, 5.74) is 0. The molecule has 1 unspecified atom stereocenters. The minimum atomic E-state index is -1.07. The first kappa shape index (κ1) is 27.9. The molecule has 0 fully saturated rings. The second kappa shape index (κ2) is 19.4. The highest BCUT2D eigenvalue weighted by Crippen LogP contribution is 2.11. The topological polar surface area (TPSA) is 86.6 Å². The molecule has 5 nitrogen and oxygen atoms in total. The van der Waals surface area contributed by atoms with Gasteiger partial charge in [0, 0.05) is 12.1 Å². The maximum Gasteiger partial charge on any atom is 0.310 e. The van der Waals surface area contributed by atoms with Crippen LogP contribution in [-0.2, 0) is 9.59 Å². The summed E-state index contributed by atoms with van der Waals surface area (Å²) in [5, 5.41) is 20.8. The average Bonchev–Trinajstić information content (AvgIpc) is 2.54. The van der Waals surface area contributed by atoms with Gasteiger partial charge in [0.1, 0.15) is 0 Å². The fourth-order valence-corrected chi connectivity index (χ4v) is 2.75. The van der Waals surface area contributed by atoms with Crippen LogP contribution in [0.25, 0.3) is 0 Å². The highest BCUT2D eigenvalue weighted by atomic mass is 16.4. The molecule has 0 bridgehead atoms. The predicted molar refractivity (Wildman–Crippen MR) is 113 cm³/mol. The second-order valence-electron chi connectivity index (χ2n) is 7.71. The van der Waals surface area contributed by atoms with E-state index in [4.69, 9.17) is 10.2 Å². The second-order valence-corrected chi connectivity index (χ2v) is 7.71. The normalized spacial score (nSPS) is 12.3. The number of carboxylic acids is 2. The Morgan fingerprint density at radius 1 is 0.852 bits per heavy atom. The molecular weight excluding hydrogens is 342 g/mol. The highest BCUT2D eigenvalue weighted by Gasteiger charge is 2.17. The molecule has 0 aromatic carbocycles. The van der Waals surface area contributed by atoms with E-state index in [0.717, 1.165) is 19.3 Å². The first-order valence-corrected chi connectivity index (χ1v) is 10.6. The zero-order valence-electron chi connectivity index (χ0n) is 18.2. The Morgan fingerprint density at radius 3 is 1.70 bits per heavy atom. The Bertz CT molecular complexity index is 386. The smallest absolute Gasteiger partial charge is 0.310 e. The Labute approximate surface area is 166 Å². The van der Waals surface area contributed by atoms with Gasteiger partial charge in [-0.05, 0) is 12.8 Å². The molecule has 0 radical (unpaired) electrons. The molecule has 0 aromatic rings. The van der Waals surface area contributed by atoms with Crippen LogP contribution in [0.2, 0.25) is 0 Å². The molecule has 0 aliphatic heterocycles. The molecule has 1 atom stereocenters. The molecule has 3 N–H and O–H groups in total. The van der Waals surface area contributed by atoms with Gasteiger partial charge in [0.25, 0.3) is 0 Å². The summed E-state index contributed by atoms with van der Waals surface area (Å²) in [7, 11) is 0. The Morgan fingerprint density at radius 2 is 1.33 bits per heavy atom. The average molecular weight is 386 g/mol. The molecule has 0 saturated heterocycles. The lowest BCUT2D eigenvalue weighted by Crippen LogP contribution is -2.29. The van der Waals surface area contributed by atoms with Gasteiger partial charge in [-0.3, -0.25) is 9.59 Å². The summed E-state index contributed by atoms with van der Waals surface area (Å²) in [6.45, 7) is 10.8. The van der Waals surface area contributed by atoms with Crippen LogP contribution in [0.5, 0.6) is 0 Å². The number of rotatable bonds is 15. The number of hydrogen-bond donors (Lipinski definition) is 3. The number of aliphatic carboxylic acids is 2. The van der Waals surface area contributed by atoms with Crippen molar-refractivity contribution in [3.63, 3.8) is 0 Å². The third-order valence-corrected chi connectivity index (χ3v) is 3.97. The summed E-state index contributed by atoms with van der Waals surface area (Å²) in [6, 6.07) is 1.25. The lowest BCUT2D eigenvalue weighted by Gasteiger charge is -2.10. The Kier molecular flexibility index (Phi) is 20.0. The molecule has 0 spiro atoms. The summed E-state index contributed by atoms with van der Waals surface area (Å²) >= 11 is 0. The van der Waals surface area contributed by atoms with Gasteiger partial charge >= 0.3 is 11.9 Å². The molecule has 0 heterocycles. The predicted octanol–water partition coefficient (Wildman–Crippen LogP) is 5.64. The van der Waals surface area contributed by atoms with Crippen LogP contribution in [0.4, 0.5) is 0 Å². The zero-order valence-corrected chi connectivity index (χ0v) is 18.2. The Hall–Kier alpha value is -1.36. The first-order valence-electron chi connectivity index (χ1n) is 10.6. The minimum absolute atomic E-state index is 0.344. The summed E-state index contributed by atoms with van der Waals surface area (Å²) in [5.74, 6) is -3.05. The van der Waals surface area contributed by atoms with Crippen molar-refractivity contribution in [1.82, 2.24) is 5.32 Å². The van der Waals surface area contributed by atoms with Crippen LogP contribution in [0.15, 0.2) is 12.2 Å². The highest BCUT2D eigenvalue weighted by molar-refractivity contribution is 5.79. The SMILES string of the molecule is CC(C)NC(C)C.CCCCCCCCCCC=CC(CC(=O)O)C(=O)O. The third kappa shape index (κ3) is 24.6. The fourth-order valence-electron chi connectivity index (χ4n) is 2.75. The number of hydrogen-bond acceptors (Lipinski definition) is 3. The number of allylic oxidation sites excluding steroid dienone is 1. The van der Waals surface area contributed by atoms with Crippen molar-refractivity contribution in [1.29, 1.82) is 0 Å². The van der Waals surface area contributed by atoms with Gasteiger partial charge in [0.2, 0.25) is 0 Å². The number of nitrogens with one attached hydrogen (secondary N) is 1. The molecule has 5 heteroatoms. The van der Waals surface area contributed by atoms with E-state index < -0.39 is 17.9 Å². The van der Waals surface area contributed by atoms with Crippen molar-refractivity contribution in [2.45, 2.75) is 111 Å². The van der Waals surface area contributed by atoms with Crippen molar-refractivity contribution in [2.24, 2.45) is 5.92 Å². The first-order chi connectivity index (χ1) is 12.7. The van der Waals surface area contributed by atoms with E-state index in [2.05, 4.69) is 39.9 Å². The van der Waals surface area contributed by atoms with Gasteiger partial charge < -0.3 is 15.5 Å². The molecule has 0 saturated carbocycles. The zero-order chi connectivity index (χ0) is 21.1.